The van der Waals surface area contributed by atoms with E-state index < -0.39 is 8.80 Å². The van der Waals surface area contributed by atoms with Gasteiger partial charge in [0, 0.05) is 21.3 Å². The van der Waals surface area contributed by atoms with Gasteiger partial charge in [-0.05, 0) is 24.0 Å². The highest BCUT2D eigenvalue weighted by Crippen LogP contribution is 2.32. The summed E-state index contributed by atoms with van der Waals surface area (Å²) in [6.07, 6.45) is 3.69. The molecule has 1 aromatic carbocycles. The predicted molar refractivity (Wildman–Crippen MR) is 80.2 cm³/mol. The number of hydrogen-bond donors (Lipinski definition) is 0. The molecule has 0 N–H and O–H groups in total. The van der Waals surface area contributed by atoms with E-state index >= 15 is 0 Å². The van der Waals surface area contributed by atoms with E-state index in [4.69, 9.17) is 13.3 Å². The summed E-state index contributed by atoms with van der Waals surface area (Å²) in [6, 6.07) is 8.47. The third-order valence-corrected chi connectivity index (χ3v) is 6.72. The summed E-state index contributed by atoms with van der Waals surface area (Å²) in [5.41, 5.74) is 2.61. The van der Waals surface area contributed by atoms with Gasteiger partial charge in [0.05, 0.1) is 5.54 Å². The first kappa shape index (κ1) is 16.1. The summed E-state index contributed by atoms with van der Waals surface area (Å²) < 4.78 is 16.9. The lowest BCUT2D eigenvalue weighted by atomic mass is 10.0. The summed E-state index contributed by atoms with van der Waals surface area (Å²) in [7, 11) is 2.33. The van der Waals surface area contributed by atoms with Crippen LogP contribution in [0.4, 0.5) is 0 Å². The van der Waals surface area contributed by atoms with E-state index in [2.05, 4.69) is 37.8 Å². The van der Waals surface area contributed by atoms with Crippen molar-refractivity contribution in [3.05, 3.63) is 48.0 Å². The Hall–Kier alpha value is -0.943. The molecular formula is C15H24O3Si. The van der Waals surface area contributed by atoms with Crippen LogP contribution in [0.1, 0.15) is 30.0 Å². The van der Waals surface area contributed by atoms with E-state index in [-0.39, 0.29) is 5.54 Å². The maximum absolute atomic E-state index is 5.62. The zero-order valence-corrected chi connectivity index (χ0v) is 13.3. The quantitative estimate of drug-likeness (QED) is 0.540. The topological polar surface area (TPSA) is 27.7 Å². The molecule has 0 aromatic heterocycles. The first-order chi connectivity index (χ1) is 9.17. The Morgan fingerprint density at radius 1 is 1.21 bits per heavy atom. The molecule has 4 heteroatoms. The van der Waals surface area contributed by atoms with Gasteiger partial charge < -0.3 is 13.3 Å². The van der Waals surface area contributed by atoms with Crippen LogP contribution in [0.5, 0.6) is 0 Å². The van der Waals surface area contributed by atoms with Crippen LogP contribution < -0.4 is 0 Å². The lowest BCUT2D eigenvalue weighted by molar-refractivity contribution is 0.111. The molecule has 0 bridgehead atoms. The van der Waals surface area contributed by atoms with E-state index in [1.807, 2.05) is 6.08 Å². The van der Waals surface area contributed by atoms with Crippen LogP contribution in [0.15, 0.2) is 36.9 Å². The molecule has 0 amide bonds. The monoisotopic (exact) mass is 280 g/mol. The van der Waals surface area contributed by atoms with Crippen LogP contribution in [0, 0.1) is 0 Å². The Balaban J connectivity index is 3.14. The molecule has 0 saturated heterocycles. The smallest absolute Gasteiger partial charge is 0.376 e. The molecule has 0 aliphatic carbocycles. The maximum Gasteiger partial charge on any atom is 0.508 e. The average Bonchev–Trinajstić information content (AvgIpc) is 2.45. The Kier molecular flexibility index (Phi) is 6.44. The van der Waals surface area contributed by atoms with Gasteiger partial charge in [-0.1, -0.05) is 37.3 Å². The Bertz CT molecular complexity index is 394. The molecule has 0 aliphatic rings. The van der Waals surface area contributed by atoms with Crippen LogP contribution in [0.2, 0.25) is 0 Å². The van der Waals surface area contributed by atoms with Crippen molar-refractivity contribution < 1.29 is 13.3 Å². The van der Waals surface area contributed by atoms with E-state index in [1.54, 1.807) is 21.3 Å². The molecule has 106 valence electrons. The van der Waals surface area contributed by atoms with Crippen molar-refractivity contribution in [1.29, 1.82) is 0 Å². The van der Waals surface area contributed by atoms with Gasteiger partial charge in [0.15, 0.2) is 0 Å². The Labute approximate surface area is 117 Å². The minimum atomic E-state index is -2.66. The minimum Gasteiger partial charge on any atom is -0.376 e. The van der Waals surface area contributed by atoms with Crippen LogP contribution in [-0.2, 0) is 19.7 Å². The number of benzene rings is 1. The van der Waals surface area contributed by atoms with E-state index in [0.717, 1.165) is 12.8 Å². The maximum atomic E-state index is 5.62. The summed E-state index contributed by atoms with van der Waals surface area (Å²) in [6.45, 7) is 5.91. The van der Waals surface area contributed by atoms with Crippen molar-refractivity contribution in [3.63, 3.8) is 0 Å². The highest BCUT2D eigenvalue weighted by Gasteiger charge is 2.47. The average molecular weight is 280 g/mol. The molecule has 3 nitrogen and oxygen atoms in total. The zero-order chi connectivity index (χ0) is 14.3. The summed E-state index contributed by atoms with van der Waals surface area (Å²) in [5.74, 6) is 0. The molecule has 0 heterocycles. The molecule has 1 aromatic rings. The van der Waals surface area contributed by atoms with E-state index in [1.165, 1.54) is 11.1 Å². The van der Waals surface area contributed by atoms with Gasteiger partial charge in [0.25, 0.3) is 0 Å². The number of allylic oxidation sites excluding steroid dienone is 1. The molecule has 0 aliphatic heterocycles. The molecule has 1 unspecified atom stereocenters. The zero-order valence-electron chi connectivity index (χ0n) is 12.3. The third-order valence-electron chi connectivity index (χ3n) is 3.42. The van der Waals surface area contributed by atoms with Crippen molar-refractivity contribution in [3.8, 4) is 0 Å². The van der Waals surface area contributed by atoms with Crippen molar-refractivity contribution in [2.45, 2.75) is 25.3 Å². The van der Waals surface area contributed by atoms with Crippen LogP contribution in [0.3, 0.4) is 0 Å². The SMILES string of the molecule is C=CCc1cccc(C(CC)[Si](OC)(OC)OC)c1. The van der Waals surface area contributed by atoms with Gasteiger partial charge in [-0.25, -0.2) is 0 Å². The van der Waals surface area contributed by atoms with Crippen molar-refractivity contribution in [1.82, 2.24) is 0 Å². The van der Waals surface area contributed by atoms with Gasteiger partial charge in [-0.2, -0.15) is 0 Å². The van der Waals surface area contributed by atoms with Crippen molar-refractivity contribution in [2.75, 3.05) is 21.3 Å². The summed E-state index contributed by atoms with van der Waals surface area (Å²) in [4.78, 5) is 0. The Morgan fingerprint density at radius 3 is 2.32 bits per heavy atom. The normalized spacial score (nSPS) is 13.3. The Morgan fingerprint density at radius 2 is 1.84 bits per heavy atom. The van der Waals surface area contributed by atoms with E-state index in [9.17, 15) is 0 Å². The molecule has 0 saturated carbocycles. The fraction of sp³-hybridized carbons (Fsp3) is 0.467. The molecular weight excluding hydrogens is 256 g/mol. The van der Waals surface area contributed by atoms with Gasteiger partial charge in [0.1, 0.15) is 0 Å². The number of rotatable bonds is 8. The van der Waals surface area contributed by atoms with Crippen LogP contribution >= 0.6 is 0 Å². The predicted octanol–water partition coefficient (Wildman–Crippen LogP) is 3.33. The first-order valence-corrected chi connectivity index (χ1v) is 8.32. The van der Waals surface area contributed by atoms with Crippen molar-refractivity contribution in [2.24, 2.45) is 0 Å². The molecule has 1 rings (SSSR count). The number of hydrogen-bond acceptors (Lipinski definition) is 3. The highest BCUT2D eigenvalue weighted by atomic mass is 28.4. The summed E-state index contributed by atoms with van der Waals surface area (Å²) >= 11 is 0. The third kappa shape index (κ3) is 3.54. The second kappa shape index (κ2) is 7.60. The minimum absolute atomic E-state index is 0.150. The second-order valence-corrected chi connectivity index (χ2v) is 7.54. The molecule has 19 heavy (non-hydrogen) atoms. The van der Waals surface area contributed by atoms with Crippen LogP contribution in [-0.4, -0.2) is 30.1 Å². The molecule has 0 spiro atoms. The van der Waals surface area contributed by atoms with E-state index in [0.29, 0.717) is 0 Å². The second-order valence-electron chi connectivity index (χ2n) is 4.41. The fourth-order valence-corrected chi connectivity index (χ4v) is 4.91. The fourth-order valence-electron chi connectivity index (χ4n) is 2.47. The highest BCUT2D eigenvalue weighted by molar-refractivity contribution is 6.62. The standard InChI is InChI=1S/C15H24O3Si/c1-6-9-13-10-8-11-14(12-13)15(7-2)19(16-3,17-4)18-5/h6,8,10-12,15H,1,7,9H2,2-5H3. The lowest BCUT2D eigenvalue weighted by Gasteiger charge is -2.32. The molecule has 0 radical (unpaired) electrons. The van der Waals surface area contributed by atoms with Crippen LogP contribution in [0.25, 0.3) is 0 Å². The molecule has 1 atom stereocenters. The van der Waals surface area contributed by atoms with Gasteiger partial charge in [0.2, 0.25) is 0 Å². The lowest BCUT2D eigenvalue weighted by Crippen LogP contribution is -2.49. The van der Waals surface area contributed by atoms with Crippen molar-refractivity contribution >= 4 is 8.80 Å². The first-order valence-electron chi connectivity index (χ1n) is 6.52. The molecule has 0 fully saturated rings. The largest absolute Gasteiger partial charge is 0.508 e. The summed E-state index contributed by atoms with van der Waals surface area (Å²) in [5, 5.41) is 0. The van der Waals surface area contributed by atoms with Gasteiger partial charge in [-0.15, -0.1) is 6.58 Å². The van der Waals surface area contributed by atoms with Gasteiger partial charge in [-0.3, -0.25) is 0 Å². The van der Waals surface area contributed by atoms with Gasteiger partial charge >= 0.3 is 8.80 Å².